The van der Waals surface area contributed by atoms with Gasteiger partial charge in [0, 0.05) is 11.6 Å². The van der Waals surface area contributed by atoms with Crippen LogP contribution in [0.2, 0.25) is 0 Å². The Morgan fingerprint density at radius 2 is 1.64 bits per heavy atom. The number of carbonyl (C=O) groups is 1. The molecule has 0 N–H and O–H groups in total. The van der Waals surface area contributed by atoms with Crippen molar-refractivity contribution in [2.45, 2.75) is 57.9 Å². The van der Waals surface area contributed by atoms with Crippen molar-refractivity contribution in [1.29, 1.82) is 0 Å². The summed E-state index contributed by atoms with van der Waals surface area (Å²) >= 11 is 0. The number of likely N-dealkylation sites (tertiary alicyclic amines) is 1. The van der Waals surface area contributed by atoms with Crippen LogP contribution in [0.25, 0.3) is 0 Å². The Hall–Kier alpha value is -1.06. The number of hydrogen-bond donors (Lipinski definition) is 0. The summed E-state index contributed by atoms with van der Waals surface area (Å²) < 4.78 is 0. The van der Waals surface area contributed by atoms with Gasteiger partial charge in [0.2, 0.25) is 0 Å². The van der Waals surface area contributed by atoms with E-state index < -0.39 is 5.97 Å². The second-order valence-corrected chi connectivity index (χ2v) is 6.16. The lowest BCUT2D eigenvalue weighted by Gasteiger charge is -2.32. The molecule has 1 aromatic carbocycles. The van der Waals surface area contributed by atoms with Crippen LogP contribution in [0.1, 0.15) is 61.4 Å². The highest BCUT2D eigenvalue weighted by Gasteiger charge is 2.17. The van der Waals surface area contributed by atoms with E-state index in [2.05, 4.69) is 11.8 Å². The topological polar surface area (TPSA) is 43.4 Å². The molecule has 1 aliphatic heterocycles. The molecule has 1 unspecified atom stereocenters. The summed E-state index contributed by atoms with van der Waals surface area (Å²) in [7, 11) is 0. The van der Waals surface area contributed by atoms with E-state index in [1.165, 1.54) is 38.5 Å². The lowest BCUT2D eigenvalue weighted by atomic mass is 9.99. The van der Waals surface area contributed by atoms with E-state index in [1.54, 1.807) is 12.1 Å². The van der Waals surface area contributed by atoms with E-state index in [-0.39, 0.29) is 12.4 Å². The quantitative estimate of drug-likeness (QED) is 0.855. The minimum Gasteiger partial charge on any atom is -0.545 e. The Morgan fingerprint density at radius 1 is 1.09 bits per heavy atom. The highest BCUT2D eigenvalue weighted by atomic mass is 35.5. The van der Waals surface area contributed by atoms with Gasteiger partial charge in [-0.2, -0.15) is 0 Å². The number of piperidine rings is 1. The van der Waals surface area contributed by atoms with Gasteiger partial charge in [0.15, 0.2) is 0 Å². The number of nitrogens with zero attached hydrogens (tertiary/aromatic N) is 1. The first-order chi connectivity index (χ1) is 10.2. The van der Waals surface area contributed by atoms with Gasteiger partial charge in [0.05, 0.1) is 5.97 Å². The highest BCUT2D eigenvalue weighted by molar-refractivity contribution is 5.87. The summed E-state index contributed by atoms with van der Waals surface area (Å²) in [5, 5.41) is 11.1. The zero-order chi connectivity index (χ0) is 15.1. The molecule has 1 saturated heterocycles. The predicted octanol–water partition coefficient (Wildman–Crippen LogP) is 3.06. The van der Waals surface area contributed by atoms with E-state index in [4.69, 9.17) is 0 Å². The number of rotatable bonds is 4. The monoisotopic (exact) mass is 324 g/mol. The molecule has 22 heavy (non-hydrogen) atoms. The zero-order valence-electron chi connectivity index (χ0n) is 13.4. The Labute approximate surface area is 140 Å². The third-order valence-electron chi connectivity index (χ3n) is 4.12. The van der Waals surface area contributed by atoms with Crippen molar-refractivity contribution in [3.05, 3.63) is 35.4 Å². The number of hydrogen-bond acceptors (Lipinski definition) is 3. The molecule has 2 aliphatic rings. The van der Waals surface area contributed by atoms with Crippen LogP contribution < -0.4 is 5.11 Å². The molecule has 0 aromatic heterocycles. The molecule has 1 aromatic rings. The first-order valence-electron chi connectivity index (χ1n) is 8.22. The molecule has 1 atom stereocenters. The van der Waals surface area contributed by atoms with Crippen LogP contribution in [0, 0.1) is 0 Å². The SMILES string of the molecule is C1CC1.CC(Cc1ccccc1C(=O)[O-])N1CCCCC1.Cl. The van der Waals surface area contributed by atoms with E-state index in [1.807, 2.05) is 12.1 Å². The number of carboxylic acid groups (broad SMARTS) is 1. The zero-order valence-corrected chi connectivity index (χ0v) is 14.2. The Bertz CT molecular complexity index is 453. The molecule has 0 spiro atoms. The van der Waals surface area contributed by atoms with Gasteiger partial charge < -0.3 is 14.8 Å². The number of aromatic carboxylic acids is 1. The summed E-state index contributed by atoms with van der Waals surface area (Å²) in [6, 6.07) is 7.56. The van der Waals surface area contributed by atoms with Crippen molar-refractivity contribution in [3.63, 3.8) is 0 Å². The van der Waals surface area contributed by atoms with Crippen LogP contribution in [0.4, 0.5) is 0 Å². The van der Waals surface area contributed by atoms with Crippen LogP contribution in [-0.4, -0.2) is 30.0 Å². The van der Waals surface area contributed by atoms with Crippen molar-refractivity contribution >= 4 is 18.4 Å². The van der Waals surface area contributed by atoms with Crippen molar-refractivity contribution in [2.75, 3.05) is 13.1 Å². The summed E-state index contributed by atoms with van der Waals surface area (Å²) in [6.45, 7) is 4.45. The summed E-state index contributed by atoms with van der Waals surface area (Å²) in [4.78, 5) is 13.5. The molecule has 2 fully saturated rings. The maximum Gasteiger partial charge on any atom is 0.0718 e. The van der Waals surface area contributed by atoms with E-state index in [0.29, 0.717) is 11.6 Å². The summed E-state index contributed by atoms with van der Waals surface area (Å²) in [5.74, 6) is -1.07. The van der Waals surface area contributed by atoms with Gasteiger partial charge in [0.25, 0.3) is 0 Å². The Morgan fingerprint density at radius 3 is 2.18 bits per heavy atom. The van der Waals surface area contributed by atoms with Crippen molar-refractivity contribution in [2.24, 2.45) is 0 Å². The molecule has 124 valence electrons. The van der Waals surface area contributed by atoms with Gasteiger partial charge in [0.1, 0.15) is 0 Å². The average Bonchev–Trinajstić information content (AvgIpc) is 3.37. The molecule has 1 aliphatic carbocycles. The summed E-state index contributed by atoms with van der Waals surface area (Å²) in [6.07, 6.45) is 9.11. The van der Waals surface area contributed by atoms with Gasteiger partial charge in [-0.3, -0.25) is 0 Å². The molecule has 0 bridgehead atoms. The van der Waals surface area contributed by atoms with Crippen LogP contribution in [0.15, 0.2) is 24.3 Å². The van der Waals surface area contributed by atoms with Crippen LogP contribution in [-0.2, 0) is 6.42 Å². The van der Waals surface area contributed by atoms with E-state index in [0.717, 1.165) is 25.1 Å². The Kier molecular flexibility index (Phi) is 8.51. The van der Waals surface area contributed by atoms with Crippen molar-refractivity contribution in [1.82, 2.24) is 4.90 Å². The lowest BCUT2D eigenvalue weighted by Crippen LogP contribution is -2.39. The van der Waals surface area contributed by atoms with Gasteiger partial charge in [-0.1, -0.05) is 49.9 Å². The molecular formula is C18H27ClNO2-. The third kappa shape index (κ3) is 6.37. The fraction of sp³-hybridized carbons (Fsp3) is 0.611. The minimum absolute atomic E-state index is 0. The van der Waals surface area contributed by atoms with Gasteiger partial charge in [-0.25, -0.2) is 0 Å². The van der Waals surface area contributed by atoms with Crippen molar-refractivity contribution in [3.8, 4) is 0 Å². The standard InChI is InChI=1S/C15H21NO2.C3H6.ClH/c1-12(16-9-5-2-6-10-16)11-13-7-3-4-8-14(13)15(17)18;1-2-3-1;/h3-4,7-8,12H,2,5-6,9-11H2,1H3,(H,17,18);1-3H2;1H/p-1. The van der Waals surface area contributed by atoms with Crippen LogP contribution >= 0.6 is 12.4 Å². The van der Waals surface area contributed by atoms with Crippen molar-refractivity contribution < 1.29 is 9.90 Å². The van der Waals surface area contributed by atoms with E-state index >= 15 is 0 Å². The molecule has 0 radical (unpaired) electrons. The normalized spacial score (nSPS) is 18.4. The fourth-order valence-corrected chi connectivity index (χ4v) is 2.70. The maximum absolute atomic E-state index is 11.1. The largest absolute Gasteiger partial charge is 0.545 e. The predicted molar refractivity (Wildman–Crippen MR) is 90.5 cm³/mol. The Balaban J connectivity index is 0.000000540. The first kappa shape index (κ1) is 19.0. The third-order valence-corrected chi connectivity index (χ3v) is 4.12. The molecule has 0 amide bonds. The molecule has 3 nitrogen and oxygen atoms in total. The first-order valence-corrected chi connectivity index (χ1v) is 8.22. The fourth-order valence-electron chi connectivity index (χ4n) is 2.70. The molecule has 1 saturated carbocycles. The van der Waals surface area contributed by atoms with E-state index in [9.17, 15) is 9.90 Å². The second-order valence-electron chi connectivity index (χ2n) is 6.16. The van der Waals surface area contributed by atoms with Crippen LogP contribution in [0.3, 0.4) is 0 Å². The molecule has 1 heterocycles. The number of carbonyl (C=O) groups excluding carboxylic acids is 1. The number of benzene rings is 1. The van der Waals surface area contributed by atoms with Gasteiger partial charge in [-0.15, -0.1) is 12.4 Å². The average molecular weight is 325 g/mol. The molecule has 3 rings (SSSR count). The smallest absolute Gasteiger partial charge is 0.0718 e. The number of carboxylic acids is 1. The van der Waals surface area contributed by atoms with Gasteiger partial charge >= 0.3 is 0 Å². The second kappa shape index (κ2) is 9.86. The number of halogens is 1. The maximum atomic E-state index is 11.1. The molecule has 4 heteroatoms. The lowest BCUT2D eigenvalue weighted by molar-refractivity contribution is -0.255. The van der Waals surface area contributed by atoms with Crippen LogP contribution in [0.5, 0.6) is 0 Å². The highest BCUT2D eigenvalue weighted by Crippen LogP contribution is 2.17. The van der Waals surface area contributed by atoms with Gasteiger partial charge in [-0.05, 0) is 44.8 Å². The summed E-state index contributed by atoms with van der Waals surface area (Å²) in [5.41, 5.74) is 1.22. The molecular weight excluding hydrogens is 298 g/mol. The minimum atomic E-state index is -1.07.